The molecule has 2 fully saturated rings. The molecule has 3 aromatic heterocycles. The first-order valence-electron chi connectivity index (χ1n) is 19.1. The van der Waals surface area contributed by atoms with Gasteiger partial charge in [-0.2, -0.15) is 5.10 Å². The summed E-state index contributed by atoms with van der Waals surface area (Å²) in [7, 11) is -0.532. The molecule has 57 heavy (non-hydrogen) atoms. The summed E-state index contributed by atoms with van der Waals surface area (Å²) in [6, 6.07) is 20.2. The molecule has 1 saturated heterocycles. The highest BCUT2D eigenvalue weighted by molar-refractivity contribution is 7.83. The molecule has 1 saturated carbocycles. The maximum atomic E-state index is 13.8. The van der Waals surface area contributed by atoms with Gasteiger partial charge in [0, 0.05) is 79.6 Å². The van der Waals surface area contributed by atoms with Gasteiger partial charge in [-0.3, -0.25) is 29.2 Å². The molecule has 1 spiro atoms. The fourth-order valence-electron chi connectivity index (χ4n) is 8.62. The number of carbonyl (C=O) groups excluding carboxylic acids is 1. The number of benzene rings is 3. The van der Waals surface area contributed by atoms with Crippen molar-refractivity contribution >= 4 is 67.4 Å². The molecule has 3 aliphatic rings. The smallest absolute Gasteiger partial charge is 0.296 e. The van der Waals surface area contributed by atoms with Gasteiger partial charge in [-0.05, 0) is 91.1 Å². The summed E-state index contributed by atoms with van der Waals surface area (Å²) in [6.07, 6.45) is 12.3. The normalized spacial score (nSPS) is 17.5. The van der Waals surface area contributed by atoms with E-state index < -0.39 is 21.8 Å². The lowest BCUT2D eigenvalue weighted by molar-refractivity contribution is -0.383. The first-order valence-corrected chi connectivity index (χ1v) is 20.7. The highest BCUT2D eigenvalue weighted by Crippen LogP contribution is 2.55. The fraction of sp³-hybridized carbons (Fsp3) is 0.310. The third kappa shape index (κ3) is 7.40. The van der Waals surface area contributed by atoms with E-state index in [0.717, 1.165) is 61.7 Å². The number of rotatable bonds is 10. The number of ether oxygens (including phenoxy) is 1. The van der Waals surface area contributed by atoms with Crippen molar-refractivity contribution in [3.63, 3.8) is 0 Å². The Morgan fingerprint density at radius 1 is 1.02 bits per heavy atom. The minimum atomic E-state index is -2.13. The number of nitrogens with zero attached hydrogens (tertiary/aromatic N) is 6. The quantitative estimate of drug-likeness (QED) is 0.103. The van der Waals surface area contributed by atoms with Crippen LogP contribution in [0.15, 0.2) is 95.8 Å². The van der Waals surface area contributed by atoms with Crippen molar-refractivity contribution in [2.45, 2.75) is 43.4 Å². The van der Waals surface area contributed by atoms with Crippen LogP contribution in [0.3, 0.4) is 0 Å². The number of allylic oxidation sites excluding steroid dienone is 1. The number of nitro benzene ring substituents is 1. The van der Waals surface area contributed by atoms with Crippen LogP contribution < -0.4 is 14.4 Å². The molecule has 1 unspecified atom stereocenters. The number of carbonyl (C=O) groups is 1. The molecule has 2 N–H and O–H groups in total. The van der Waals surface area contributed by atoms with E-state index >= 15 is 0 Å². The molecule has 13 nitrogen and oxygen atoms in total. The summed E-state index contributed by atoms with van der Waals surface area (Å²) in [5.74, 6) is 0.0303. The molecule has 1 atom stereocenters. The fourth-order valence-corrected chi connectivity index (χ4v) is 9.60. The number of hydrogen-bond donors (Lipinski definition) is 2. The maximum Gasteiger partial charge on any atom is 0.296 e. The predicted octanol–water partition coefficient (Wildman–Crippen LogP) is 8.19. The molecular formula is C42H41ClN8O5S. The van der Waals surface area contributed by atoms with Crippen molar-refractivity contribution in [1.82, 2.24) is 29.4 Å². The highest BCUT2D eigenvalue weighted by Gasteiger charge is 2.41. The van der Waals surface area contributed by atoms with Crippen LogP contribution in [0.1, 0.15) is 54.4 Å². The van der Waals surface area contributed by atoms with Crippen molar-refractivity contribution < 1.29 is 18.7 Å². The van der Waals surface area contributed by atoms with Gasteiger partial charge in [0.05, 0.1) is 27.8 Å². The molecule has 15 heteroatoms. The van der Waals surface area contributed by atoms with E-state index in [4.69, 9.17) is 16.3 Å². The van der Waals surface area contributed by atoms with Gasteiger partial charge < -0.3 is 14.6 Å². The van der Waals surface area contributed by atoms with Crippen LogP contribution in [0.4, 0.5) is 11.4 Å². The molecular weight excluding hydrogens is 764 g/mol. The molecule has 3 aromatic carbocycles. The standard InChI is InChI=1S/C42H41ClN8O5S/c1-48-39-30(24-46-48)20-34(22-37(39)51(53)54)57(55)47-41(52)35-8-7-32(21-38(35)56-33-19-28-10-14-44-40(28)45-25-33)50-17-15-49(16-18-50)26-29-9-13-42(11-2-12-42)23-36(29)27-3-5-31(43)6-4-27/h3-8,10,14,19-22,24-25H,2,9,11-13,15-18,23,26H2,1H3,(H,44,45)(H,47,52). The van der Waals surface area contributed by atoms with Gasteiger partial charge in [0.15, 0.2) is 11.0 Å². The number of aromatic nitrogens is 4. The van der Waals surface area contributed by atoms with Crippen molar-refractivity contribution in [3.05, 3.63) is 117 Å². The second-order valence-electron chi connectivity index (χ2n) is 15.4. The highest BCUT2D eigenvalue weighted by atomic mass is 35.5. The first-order chi connectivity index (χ1) is 27.6. The molecule has 292 valence electrons. The van der Waals surface area contributed by atoms with Crippen LogP contribution in [0.5, 0.6) is 11.5 Å². The zero-order valence-corrected chi connectivity index (χ0v) is 32.9. The number of nitro groups is 1. The van der Waals surface area contributed by atoms with Gasteiger partial charge in [-0.25, -0.2) is 9.19 Å². The summed E-state index contributed by atoms with van der Waals surface area (Å²) >= 11 is 6.27. The van der Waals surface area contributed by atoms with E-state index in [9.17, 15) is 19.1 Å². The average Bonchev–Trinajstić information content (AvgIpc) is 3.83. The molecule has 2 aliphatic carbocycles. The first kappa shape index (κ1) is 37.0. The number of non-ortho nitro benzene ring substituents is 1. The number of halogens is 1. The number of aromatic amines is 1. The molecule has 6 aromatic rings. The zero-order valence-electron chi connectivity index (χ0n) is 31.4. The van der Waals surface area contributed by atoms with Crippen LogP contribution in [0, 0.1) is 15.5 Å². The van der Waals surface area contributed by atoms with E-state index in [1.54, 1.807) is 25.5 Å². The lowest BCUT2D eigenvalue weighted by Gasteiger charge is -2.47. The maximum absolute atomic E-state index is 13.8. The van der Waals surface area contributed by atoms with Gasteiger partial charge in [0.2, 0.25) is 0 Å². The topological polar surface area (TPSA) is 152 Å². The summed E-state index contributed by atoms with van der Waals surface area (Å²) in [5.41, 5.74) is 6.58. The predicted molar refractivity (Wildman–Crippen MR) is 221 cm³/mol. The third-order valence-corrected chi connectivity index (χ3v) is 13.2. The molecule has 4 heterocycles. The van der Waals surface area contributed by atoms with E-state index in [0.29, 0.717) is 27.7 Å². The molecule has 1 aliphatic heterocycles. The number of aryl methyl sites for hydroxylation is 1. The number of anilines is 1. The Balaban J connectivity index is 0.947. The number of piperazine rings is 1. The summed E-state index contributed by atoms with van der Waals surface area (Å²) in [5, 5.41) is 18.0. The third-order valence-electron chi connectivity index (χ3n) is 11.9. The van der Waals surface area contributed by atoms with Crippen LogP contribution in [0.25, 0.3) is 27.5 Å². The van der Waals surface area contributed by atoms with Gasteiger partial charge in [0.25, 0.3) is 11.6 Å². The Morgan fingerprint density at radius 2 is 1.82 bits per heavy atom. The number of hydrogen-bond acceptors (Lipinski definition) is 9. The van der Waals surface area contributed by atoms with E-state index in [1.807, 2.05) is 36.4 Å². The number of amides is 1. The Kier molecular flexibility index (Phi) is 9.79. The largest absolute Gasteiger partial charge is 0.455 e. The van der Waals surface area contributed by atoms with E-state index in [1.165, 1.54) is 65.4 Å². The molecule has 0 bridgehead atoms. The monoisotopic (exact) mass is 804 g/mol. The second kappa shape index (κ2) is 15.1. The van der Waals surface area contributed by atoms with Crippen LogP contribution in [0.2, 0.25) is 5.02 Å². The van der Waals surface area contributed by atoms with E-state index in [-0.39, 0.29) is 21.9 Å². The zero-order chi connectivity index (χ0) is 39.3. The van der Waals surface area contributed by atoms with Crippen LogP contribution >= 0.6 is 11.6 Å². The van der Waals surface area contributed by atoms with Crippen molar-refractivity contribution in [2.75, 3.05) is 37.6 Å². The Labute approximate surface area is 336 Å². The summed E-state index contributed by atoms with van der Waals surface area (Å²) in [6.45, 7) is 4.27. The Hall–Kier alpha value is -5.57. The second-order valence-corrected chi connectivity index (χ2v) is 17.0. The van der Waals surface area contributed by atoms with Gasteiger partial charge in [0.1, 0.15) is 22.7 Å². The lowest BCUT2D eigenvalue weighted by atomic mass is 9.59. The van der Waals surface area contributed by atoms with Crippen molar-refractivity contribution in [3.8, 4) is 11.5 Å². The lowest BCUT2D eigenvalue weighted by Crippen LogP contribution is -2.47. The number of nitrogens with one attached hydrogen (secondary N) is 2. The molecule has 9 rings (SSSR count). The SMILES string of the molecule is Cn1ncc2cc(S(=O)NC(=O)c3ccc(N4CCN(CC5=C(c6ccc(Cl)cc6)CC6(CCC6)CC5)CC4)cc3Oc3cnc4[nH]ccc4c3)cc([N+](=O)[O-])c21. The van der Waals surface area contributed by atoms with Crippen molar-refractivity contribution in [2.24, 2.45) is 12.5 Å². The van der Waals surface area contributed by atoms with Gasteiger partial charge in [-0.15, -0.1) is 0 Å². The number of H-pyrrole nitrogens is 1. The minimum absolute atomic E-state index is 0.0708. The molecule has 1 amide bonds. The number of fused-ring (bicyclic) bond motifs is 2. The van der Waals surface area contributed by atoms with Crippen LogP contribution in [-0.2, 0) is 18.0 Å². The molecule has 0 radical (unpaired) electrons. The van der Waals surface area contributed by atoms with Gasteiger partial charge >= 0.3 is 0 Å². The summed E-state index contributed by atoms with van der Waals surface area (Å²) in [4.78, 5) is 37.6. The van der Waals surface area contributed by atoms with Gasteiger partial charge in [-0.1, -0.05) is 35.7 Å². The van der Waals surface area contributed by atoms with Crippen LogP contribution in [-0.4, -0.2) is 72.4 Å². The minimum Gasteiger partial charge on any atom is -0.455 e. The summed E-state index contributed by atoms with van der Waals surface area (Å²) < 4.78 is 23.8. The van der Waals surface area contributed by atoms with E-state index in [2.05, 4.69) is 41.7 Å². The Bertz CT molecular complexity index is 2590. The van der Waals surface area contributed by atoms with Crippen molar-refractivity contribution in [1.29, 1.82) is 0 Å². The Morgan fingerprint density at radius 3 is 2.58 bits per heavy atom. The number of pyridine rings is 1. The average molecular weight is 805 g/mol.